The topological polar surface area (TPSA) is 17.1 Å². The van der Waals surface area contributed by atoms with Crippen LogP contribution in [0.2, 0.25) is 0 Å². The second-order valence-corrected chi connectivity index (χ2v) is 4.63. The third kappa shape index (κ3) is 2.09. The van der Waals surface area contributed by atoms with Crippen LogP contribution in [0.5, 0.6) is 0 Å². The summed E-state index contributed by atoms with van der Waals surface area (Å²) in [5, 5.41) is 0. The van der Waals surface area contributed by atoms with E-state index in [0.29, 0.717) is 17.8 Å². The third-order valence-corrected chi connectivity index (χ3v) is 3.25. The molecule has 0 spiro atoms. The zero-order valence-corrected chi connectivity index (χ0v) is 8.42. The van der Waals surface area contributed by atoms with Crippen LogP contribution >= 0.6 is 0 Å². The van der Waals surface area contributed by atoms with Crippen LogP contribution in [0.15, 0.2) is 0 Å². The Hall–Kier alpha value is -0.330. The predicted molar refractivity (Wildman–Crippen MR) is 50.9 cm³/mol. The van der Waals surface area contributed by atoms with Gasteiger partial charge < -0.3 is 4.79 Å². The highest BCUT2D eigenvalue weighted by atomic mass is 16.1. The molecule has 1 rings (SSSR count). The van der Waals surface area contributed by atoms with Crippen molar-refractivity contribution in [2.45, 2.75) is 40.0 Å². The van der Waals surface area contributed by atoms with Crippen LogP contribution in [-0.2, 0) is 4.79 Å². The minimum Gasteiger partial charge on any atom is -0.303 e. The molecule has 1 aliphatic carbocycles. The molecule has 0 amide bonds. The van der Waals surface area contributed by atoms with Crippen molar-refractivity contribution in [2.24, 2.45) is 23.7 Å². The maximum Gasteiger partial charge on any atom is 0.123 e. The molecule has 0 radical (unpaired) electrons. The van der Waals surface area contributed by atoms with Gasteiger partial charge in [0.15, 0.2) is 0 Å². The summed E-state index contributed by atoms with van der Waals surface area (Å²) in [6.07, 6.45) is 4.86. The Balaban J connectivity index is 2.56. The standard InChI is InChI=1S/C11H20O/c1-8(2)11-5-4-9(3)6-10(11)7-12/h7-11H,4-6H2,1-3H3/t9-,10+,11+/m1/s1. The normalized spacial score (nSPS) is 36.8. The summed E-state index contributed by atoms with van der Waals surface area (Å²) in [4.78, 5) is 10.8. The molecule has 1 fully saturated rings. The van der Waals surface area contributed by atoms with Crippen molar-refractivity contribution in [2.75, 3.05) is 0 Å². The van der Waals surface area contributed by atoms with E-state index in [0.717, 1.165) is 12.3 Å². The van der Waals surface area contributed by atoms with Crippen molar-refractivity contribution in [3.63, 3.8) is 0 Å². The first-order chi connectivity index (χ1) is 5.65. The van der Waals surface area contributed by atoms with Gasteiger partial charge in [-0.05, 0) is 30.6 Å². The molecule has 3 atom stereocenters. The monoisotopic (exact) mass is 168 g/mol. The average molecular weight is 168 g/mol. The van der Waals surface area contributed by atoms with E-state index in [2.05, 4.69) is 20.8 Å². The Bertz CT molecular complexity index is 151. The Kier molecular flexibility index (Phi) is 3.30. The van der Waals surface area contributed by atoms with Gasteiger partial charge in [-0.3, -0.25) is 0 Å². The van der Waals surface area contributed by atoms with Gasteiger partial charge in [0.05, 0.1) is 0 Å². The fourth-order valence-electron chi connectivity index (χ4n) is 2.43. The maximum atomic E-state index is 10.8. The molecular weight excluding hydrogens is 148 g/mol. The number of hydrogen-bond donors (Lipinski definition) is 0. The van der Waals surface area contributed by atoms with Crippen molar-refractivity contribution < 1.29 is 4.79 Å². The molecule has 70 valence electrons. The van der Waals surface area contributed by atoms with Crippen molar-refractivity contribution in [1.82, 2.24) is 0 Å². The lowest BCUT2D eigenvalue weighted by atomic mass is 9.71. The summed E-state index contributed by atoms with van der Waals surface area (Å²) in [5.74, 6) is 2.43. The van der Waals surface area contributed by atoms with Crippen molar-refractivity contribution in [3.05, 3.63) is 0 Å². The summed E-state index contributed by atoms with van der Waals surface area (Å²) >= 11 is 0. The molecule has 0 aliphatic heterocycles. The van der Waals surface area contributed by atoms with E-state index in [-0.39, 0.29) is 0 Å². The van der Waals surface area contributed by atoms with E-state index in [1.54, 1.807) is 0 Å². The lowest BCUT2D eigenvalue weighted by Gasteiger charge is -2.34. The minimum absolute atomic E-state index is 0.341. The second-order valence-electron chi connectivity index (χ2n) is 4.63. The highest BCUT2D eigenvalue weighted by molar-refractivity contribution is 5.54. The van der Waals surface area contributed by atoms with Gasteiger partial charge in [-0.2, -0.15) is 0 Å². The number of rotatable bonds is 2. The highest BCUT2D eigenvalue weighted by Gasteiger charge is 2.29. The van der Waals surface area contributed by atoms with Gasteiger partial charge in [-0.15, -0.1) is 0 Å². The Morgan fingerprint density at radius 1 is 1.33 bits per heavy atom. The number of carbonyl (C=O) groups is 1. The first kappa shape index (κ1) is 9.76. The van der Waals surface area contributed by atoms with Gasteiger partial charge in [0.25, 0.3) is 0 Å². The molecule has 1 heteroatoms. The summed E-state index contributed by atoms with van der Waals surface area (Å²) in [6.45, 7) is 6.72. The first-order valence-corrected chi connectivity index (χ1v) is 5.10. The molecule has 0 saturated heterocycles. The van der Waals surface area contributed by atoms with Gasteiger partial charge in [0, 0.05) is 5.92 Å². The molecular formula is C11H20O. The lowest BCUT2D eigenvalue weighted by Crippen LogP contribution is -2.28. The van der Waals surface area contributed by atoms with Crippen molar-refractivity contribution in [3.8, 4) is 0 Å². The predicted octanol–water partition coefficient (Wildman–Crippen LogP) is 2.89. The van der Waals surface area contributed by atoms with Crippen LogP contribution < -0.4 is 0 Å². The van der Waals surface area contributed by atoms with Gasteiger partial charge in [0.2, 0.25) is 0 Å². The summed E-state index contributed by atoms with van der Waals surface area (Å²) in [7, 11) is 0. The smallest absolute Gasteiger partial charge is 0.123 e. The van der Waals surface area contributed by atoms with E-state index < -0.39 is 0 Å². The molecule has 1 saturated carbocycles. The molecule has 0 N–H and O–H groups in total. The molecule has 0 aromatic carbocycles. The third-order valence-electron chi connectivity index (χ3n) is 3.25. The molecule has 0 aromatic rings. The molecule has 0 unspecified atom stereocenters. The van der Waals surface area contributed by atoms with Crippen LogP contribution in [0.3, 0.4) is 0 Å². The summed E-state index contributed by atoms with van der Waals surface area (Å²) < 4.78 is 0. The van der Waals surface area contributed by atoms with E-state index in [9.17, 15) is 4.79 Å². The van der Waals surface area contributed by atoms with Gasteiger partial charge in [-0.1, -0.05) is 27.2 Å². The number of carbonyl (C=O) groups excluding carboxylic acids is 1. The highest BCUT2D eigenvalue weighted by Crippen LogP contribution is 2.36. The molecule has 0 aromatic heterocycles. The van der Waals surface area contributed by atoms with E-state index >= 15 is 0 Å². The summed E-state index contributed by atoms with van der Waals surface area (Å²) in [6, 6.07) is 0. The minimum atomic E-state index is 0.341. The van der Waals surface area contributed by atoms with E-state index in [1.165, 1.54) is 19.1 Å². The zero-order chi connectivity index (χ0) is 9.14. The number of aldehydes is 1. The molecule has 0 bridgehead atoms. The quantitative estimate of drug-likeness (QED) is 0.579. The van der Waals surface area contributed by atoms with Crippen LogP contribution in [0.1, 0.15) is 40.0 Å². The Morgan fingerprint density at radius 3 is 2.50 bits per heavy atom. The molecule has 0 heterocycles. The van der Waals surface area contributed by atoms with Crippen molar-refractivity contribution >= 4 is 6.29 Å². The Labute approximate surface area is 75.5 Å². The lowest BCUT2D eigenvalue weighted by molar-refractivity contribution is -0.114. The average Bonchev–Trinajstić information content (AvgIpc) is 2.03. The van der Waals surface area contributed by atoms with Crippen LogP contribution in [0, 0.1) is 23.7 Å². The van der Waals surface area contributed by atoms with Gasteiger partial charge >= 0.3 is 0 Å². The first-order valence-electron chi connectivity index (χ1n) is 5.10. The largest absolute Gasteiger partial charge is 0.303 e. The van der Waals surface area contributed by atoms with Crippen LogP contribution in [-0.4, -0.2) is 6.29 Å². The second kappa shape index (κ2) is 4.06. The molecule has 12 heavy (non-hydrogen) atoms. The summed E-state index contributed by atoms with van der Waals surface area (Å²) in [5.41, 5.74) is 0. The van der Waals surface area contributed by atoms with E-state index in [4.69, 9.17) is 0 Å². The van der Waals surface area contributed by atoms with Gasteiger partial charge in [0.1, 0.15) is 6.29 Å². The van der Waals surface area contributed by atoms with Crippen molar-refractivity contribution in [1.29, 1.82) is 0 Å². The van der Waals surface area contributed by atoms with Gasteiger partial charge in [-0.25, -0.2) is 0 Å². The molecule has 1 aliphatic rings. The maximum absolute atomic E-state index is 10.8. The number of hydrogen-bond acceptors (Lipinski definition) is 1. The fourth-order valence-corrected chi connectivity index (χ4v) is 2.43. The Morgan fingerprint density at radius 2 is 2.00 bits per heavy atom. The zero-order valence-electron chi connectivity index (χ0n) is 8.42. The van der Waals surface area contributed by atoms with Crippen LogP contribution in [0.25, 0.3) is 0 Å². The SMILES string of the molecule is CC(C)[C@@H]1CC[C@@H](C)C[C@H]1C=O. The molecule has 1 nitrogen and oxygen atoms in total. The van der Waals surface area contributed by atoms with E-state index in [1.807, 2.05) is 0 Å². The van der Waals surface area contributed by atoms with Crippen LogP contribution in [0.4, 0.5) is 0 Å². The fraction of sp³-hybridized carbons (Fsp3) is 0.909.